The monoisotopic (exact) mass is 420 g/mol. The van der Waals surface area contributed by atoms with Crippen LogP contribution >= 0.6 is 0 Å². The SMILES string of the molecule is CC(=O)Nc1ccc(C(=O)N2CCCC(N(C)c3ncccc3C(F)(F)F)C2)cc1. The molecule has 0 saturated carbocycles. The fraction of sp³-hybridized carbons (Fsp3) is 0.381. The van der Waals surface area contributed by atoms with Crippen LogP contribution in [0.3, 0.4) is 0 Å². The van der Waals surface area contributed by atoms with Crippen LogP contribution in [-0.2, 0) is 11.0 Å². The second kappa shape index (κ2) is 8.73. The van der Waals surface area contributed by atoms with Crippen molar-refractivity contribution in [3.05, 3.63) is 53.7 Å². The first-order valence-electron chi connectivity index (χ1n) is 9.59. The van der Waals surface area contributed by atoms with E-state index < -0.39 is 11.7 Å². The van der Waals surface area contributed by atoms with Gasteiger partial charge in [0.25, 0.3) is 5.91 Å². The predicted octanol–water partition coefficient (Wildman–Crippen LogP) is 3.80. The molecule has 6 nitrogen and oxygen atoms in total. The topological polar surface area (TPSA) is 65.5 Å². The van der Waals surface area contributed by atoms with E-state index in [1.807, 2.05) is 0 Å². The van der Waals surface area contributed by atoms with Gasteiger partial charge in [-0.2, -0.15) is 13.2 Å². The van der Waals surface area contributed by atoms with Crippen LogP contribution in [0.4, 0.5) is 24.7 Å². The molecular formula is C21H23F3N4O2. The molecule has 1 aliphatic heterocycles. The van der Waals surface area contributed by atoms with E-state index >= 15 is 0 Å². The maximum absolute atomic E-state index is 13.4. The molecular weight excluding hydrogens is 397 g/mol. The number of hydrogen-bond donors (Lipinski definition) is 1. The van der Waals surface area contributed by atoms with Crippen LogP contribution in [-0.4, -0.2) is 47.9 Å². The van der Waals surface area contributed by atoms with Crippen molar-refractivity contribution in [2.24, 2.45) is 0 Å². The Morgan fingerprint density at radius 1 is 1.20 bits per heavy atom. The Hall–Kier alpha value is -3.10. The molecule has 1 saturated heterocycles. The molecule has 9 heteroatoms. The number of rotatable bonds is 4. The van der Waals surface area contributed by atoms with Gasteiger partial charge < -0.3 is 15.1 Å². The molecule has 160 valence electrons. The van der Waals surface area contributed by atoms with E-state index in [2.05, 4.69) is 10.3 Å². The first-order chi connectivity index (χ1) is 14.2. The van der Waals surface area contributed by atoms with Crippen LogP contribution in [0, 0.1) is 0 Å². The molecule has 1 aromatic heterocycles. The second-order valence-electron chi connectivity index (χ2n) is 7.29. The summed E-state index contributed by atoms with van der Waals surface area (Å²) in [5.74, 6) is -0.535. The summed E-state index contributed by atoms with van der Waals surface area (Å²) in [6.45, 7) is 2.23. The van der Waals surface area contributed by atoms with Crippen molar-refractivity contribution in [1.29, 1.82) is 0 Å². The summed E-state index contributed by atoms with van der Waals surface area (Å²) in [6.07, 6.45) is -1.82. The number of aromatic nitrogens is 1. The van der Waals surface area contributed by atoms with Crippen LogP contribution in [0.1, 0.15) is 35.7 Å². The third-order valence-corrected chi connectivity index (χ3v) is 5.11. The molecule has 2 aromatic rings. The van der Waals surface area contributed by atoms with Crippen molar-refractivity contribution in [1.82, 2.24) is 9.88 Å². The van der Waals surface area contributed by atoms with Gasteiger partial charge in [-0.3, -0.25) is 9.59 Å². The third kappa shape index (κ3) is 4.90. The Morgan fingerprint density at radius 2 is 1.90 bits per heavy atom. The normalized spacial score (nSPS) is 16.8. The number of hydrogen-bond acceptors (Lipinski definition) is 4. The highest BCUT2D eigenvalue weighted by Crippen LogP contribution is 2.36. The zero-order valence-electron chi connectivity index (χ0n) is 16.7. The van der Waals surface area contributed by atoms with Gasteiger partial charge in [-0.25, -0.2) is 4.98 Å². The van der Waals surface area contributed by atoms with E-state index in [1.54, 1.807) is 36.2 Å². The van der Waals surface area contributed by atoms with Crippen LogP contribution in [0.25, 0.3) is 0 Å². The van der Waals surface area contributed by atoms with E-state index in [4.69, 9.17) is 0 Å². The molecule has 1 aliphatic rings. The Balaban J connectivity index is 1.74. The minimum absolute atomic E-state index is 0.135. The van der Waals surface area contributed by atoms with Gasteiger partial charge in [-0.05, 0) is 49.2 Å². The standard InChI is InChI=1S/C21H23F3N4O2/c1-14(29)26-16-9-7-15(8-10-16)20(30)28-12-4-5-17(13-28)27(2)19-18(21(22,23)24)6-3-11-25-19/h3,6-11,17H,4-5,12-13H2,1-2H3,(H,26,29). The fourth-order valence-corrected chi connectivity index (χ4v) is 3.61. The van der Waals surface area contributed by atoms with Gasteiger partial charge in [0.2, 0.25) is 5.91 Å². The van der Waals surface area contributed by atoms with E-state index in [1.165, 1.54) is 24.1 Å². The largest absolute Gasteiger partial charge is 0.419 e. The summed E-state index contributed by atoms with van der Waals surface area (Å²) < 4.78 is 40.1. The van der Waals surface area contributed by atoms with Gasteiger partial charge in [0.05, 0.1) is 5.56 Å². The van der Waals surface area contributed by atoms with E-state index in [9.17, 15) is 22.8 Å². The quantitative estimate of drug-likeness (QED) is 0.817. The molecule has 1 unspecified atom stereocenters. The number of nitrogens with zero attached hydrogens (tertiary/aromatic N) is 3. The number of carbonyl (C=O) groups excluding carboxylic acids is 2. The van der Waals surface area contributed by atoms with Gasteiger partial charge in [-0.1, -0.05) is 0 Å². The number of nitrogens with one attached hydrogen (secondary N) is 1. The molecule has 1 fully saturated rings. The zero-order chi connectivity index (χ0) is 21.9. The number of likely N-dealkylation sites (N-methyl/N-ethyl adjacent to an activating group) is 1. The summed E-state index contributed by atoms with van der Waals surface area (Å²) >= 11 is 0. The average Bonchev–Trinajstić information content (AvgIpc) is 2.72. The number of amides is 2. The van der Waals surface area contributed by atoms with Crippen LogP contribution in [0.15, 0.2) is 42.6 Å². The molecule has 1 atom stereocenters. The molecule has 0 aliphatic carbocycles. The zero-order valence-corrected chi connectivity index (χ0v) is 16.7. The van der Waals surface area contributed by atoms with Crippen molar-refractivity contribution >= 4 is 23.3 Å². The first-order valence-corrected chi connectivity index (χ1v) is 9.59. The minimum atomic E-state index is -4.50. The Kier molecular flexibility index (Phi) is 6.28. The third-order valence-electron chi connectivity index (χ3n) is 5.11. The molecule has 2 heterocycles. The highest BCUT2D eigenvalue weighted by atomic mass is 19.4. The fourth-order valence-electron chi connectivity index (χ4n) is 3.61. The lowest BCUT2D eigenvalue weighted by Gasteiger charge is -2.38. The first kappa shape index (κ1) is 21.6. The lowest BCUT2D eigenvalue weighted by atomic mass is 10.0. The van der Waals surface area contributed by atoms with Gasteiger partial charge in [0, 0.05) is 50.6 Å². The molecule has 0 bridgehead atoms. The summed E-state index contributed by atoms with van der Waals surface area (Å²) in [6, 6.07) is 8.54. The number of pyridine rings is 1. The van der Waals surface area contributed by atoms with E-state index in [-0.39, 0.29) is 23.7 Å². The van der Waals surface area contributed by atoms with Crippen molar-refractivity contribution in [2.75, 3.05) is 30.4 Å². The molecule has 3 rings (SSSR count). The Labute approximate surface area is 172 Å². The number of anilines is 2. The highest BCUT2D eigenvalue weighted by molar-refractivity contribution is 5.95. The van der Waals surface area contributed by atoms with Gasteiger partial charge in [0.15, 0.2) is 0 Å². The van der Waals surface area contributed by atoms with Gasteiger partial charge >= 0.3 is 6.18 Å². The summed E-state index contributed by atoms with van der Waals surface area (Å²) in [4.78, 5) is 31.1. The number of carbonyl (C=O) groups is 2. The molecule has 1 N–H and O–H groups in total. The minimum Gasteiger partial charge on any atom is -0.354 e. The van der Waals surface area contributed by atoms with Crippen molar-refractivity contribution < 1.29 is 22.8 Å². The number of halogens is 3. The van der Waals surface area contributed by atoms with Crippen molar-refractivity contribution in [2.45, 2.75) is 32.0 Å². The summed E-state index contributed by atoms with van der Waals surface area (Å²) in [5.41, 5.74) is 0.260. The number of benzene rings is 1. The van der Waals surface area contributed by atoms with Crippen molar-refractivity contribution in [3.63, 3.8) is 0 Å². The number of piperidine rings is 1. The lowest BCUT2D eigenvalue weighted by Crippen LogP contribution is -2.49. The highest BCUT2D eigenvalue weighted by Gasteiger charge is 2.37. The Bertz CT molecular complexity index is 915. The van der Waals surface area contributed by atoms with Crippen molar-refractivity contribution in [3.8, 4) is 0 Å². The van der Waals surface area contributed by atoms with E-state index in [0.717, 1.165) is 6.07 Å². The number of likely N-dealkylation sites (tertiary alicyclic amines) is 1. The van der Waals surface area contributed by atoms with Gasteiger partial charge in [-0.15, -0.1) is 0 Å². The number of alkyl halides is 3. The summed E-state index contributed by atoms with van der Waals surface area (Å²) in [7, 11) is 1.58. The second-order valence-corrected chi connectivity index (χ2v) is 7.29. The lowest BCUT2D eigenvalue weighted by molar-refractivity contribution is -0.137. The van der Waals surface area contributed by atoms with Gasteiger partial charge in [0.1, 0.15) is 5.82 Å². The van der Waals surface area contributed by atoms with E-state index in [0.29, 0.717) is 37.2 Å². The molecule has 0 spiro atoms. The van der Waals surface area contributed by atoms with Crippen LogP contribution in [0.5, 0.6) is 0 Å². The molecule has 0 radical (unpaired) electrons. The maximum Gasteiger partial charge on any atom is 0.419 e. The Morgan fingerprint density at radius 3 is 2.53 bits per heavy atom. The maximum atomic E-state index is 13.4. The molecule has 1 aromatic carbocycles. The molecule has 30 heavy (non-hydrogen) atoms. The summed E-state index contributed by atoms with van der Waals surface area (Å²) in [5, 5.41) is 2.64. The van der Waals surface area contributed by atoms with Crippen LogP contribution < -0.4 is 10.2 Å². The predicted molar refractivity (Wildman–Crippen MR) is 107 cm³/mol. The average molecular weight is 420 g/mol. The van der Waals surface area contributed by atoms with Crippen LogP contribution in [0.2, 0.25) is 0 Å². The molecule has 2 amide bonds. The smallest absolute Gasteiger partial charge is 0.354 e.